The minimum Gasteiger partial charge on any atom is -0.465 e. The Hall–Kier alpha value is -2.06. The second kappa shape index (κ2) is 7.88. The summed E-state index contributed by atoms with van der Waals surface area (Å²) < 4.78 is 5.00. The van der Waals surface area contributed by atoms with Gasteiger partial charge in [0.25, 0.3) is 0 Å². The monoisotopic (exact) mass is 376 g/mol. The van der Waals surface area contributed by atoms with Crippen molar-refractivity contribution >= 4 is 45.6 Å². The average Bonchev–Trinajstić information content (AvgIpc) is 2.75. The van der Waals surface area contributed by atoms with Crippen LogP contribution in [0.4, 0.5) is 10.9 Å². The number of thiophene rings is 1. The molecule has 0 fully saturated rings. The topological polar surface area (TPSA) is 76.1 Å². The largest absolute Gasteiger partial charge is 0.465 e. The van der Waals surface area contributed by atoms with E-state index in [1.807, 2.05) is 13.0 Å². The van der Waals surface area contributed by atoms with Gasteiger partial charge in [0.15, 0.2) is 5.11 Å². The lowest BCUT2D eigenvalue weighted by molar-refractivity contribution is 0.0601. The Balaban J connectivity index is 1.83. The lowest BCUT2D eigenvalue weighted by Crippen LogP contribution is -2.21. The van der Waals surface area contributed by atoms with Crippen molar-refractivity contribution in [3.8, 4) is 0 Å². The number of aryl methyl sites for hydroxylation is 2. The number of aromatic nitrogens is 2. The molecule has 0 saturated heterocycles. The van der Waals surface area contributed by atoms with Gasteiger partial charge in [-0.25, -0.2) is 14.8 Å². The highest BCUT2D eigenvalue weighted by atomic mass is 32.1. The van der Waals surface area contributed by atoms with E-state index >= 15 is 0 Å². The standard InChI is InChI=1S/C17H20N4O2S2/c1-10-8-9-18-16(19-10)21-17(24)20-14-13(15(22)23-2)11-6-4-3-5-7-12(11)25-14/h8-9H,3-7H2,1-2H3,(H2,18,19,20,21,24). The number of hydrogen-bond acceptors (Lipinski definition) is 6. The van der Waals surface area contributed by atoms with E-state index in [4.69, 9.17) is 17.0 Å². The average molecular weight is 377 g/mol. The van der Waals surface area contributed by atoms with Crippen LogP contribution in [0.1, 0.15) is 45.8 Å². The van der Waals surface area contributed by atoms with E-state index in [0.29, 0.717) is 16.6 Å². The number of rotatable bonds is 3. The Bertz CT molecular complexity index is 804. The zero-order valence-corrected chi connectivity index (χ0v) is 15.9. The highest BCUT2D eigenvalue weighted by Crippen LogP contribution is 2.38. The van der Waals surface area contributed by atoms with Gasteiger partial charge in [0, 0.05) is 16.8 Å². The number of anilines is 2. The van der Waals surface area contributed by atoms with Crippen molar-refractivity contribution in [2.24, 2.45) is 0 Å². The Morgan fingerprint density at radius 1 is 1.28 bits per heavy atom. The van der Waals surface area contributed by atoms with Crippen molar-refractivity contribution in [2.45, 2.75) is 39.0 Å². The first-order valence-electron chi connectivity index (χ1n) is 8.19. The second-order valence-electron chi connectivity index (χ2n) is 5.86. The summed E-state index contributed by atoms with van der Waals surface area (Å²) in [7, 11) is 1.41. The Morgan fingerprint density at radius 3 is 2.84 bits per heavy atom. The van der Waals surface area contributed by atoms with Gasteiger partial charge < -0.3 is 15.4 Å². The molecule has 1 aliphatic carbocycles. The molecule has 2 aromatic rings. The molecule has 0 unspecified atom stereocenters. The van der Waals surface area contributed by atoms with Gasteiger partial charge >= 0.3 is 5.97 Å². The molecule has 6 nitrogen and oxygen atoms in total. The molecule has 8 heteroatoms. The van der Waals surface area contributed by atoms with E-state index in [9.17, 15) is 4.79 Å². The minimum atomic E-state index is -0.323. The van der Waals surface area contributed by atoms with Crippen LogP contribution in [0.15, 0.2) is 12.3 Å². The van der Waals surface area contributed by atoms with Gasteiger partial charge in [-0.05, 0) is 56.5 Å². The van der Waals surface area contributed by atoms with Gasteiger partial charge in [0.1, 0.15) is 5.00 Å². The fourth-order valence-electron chi connectivity index (χ4n) is 2.89. The molecule has 25 heavy (non-hydrogen) atoms. The van der Waals surface area contributed by atoms with E-state index in [1.165, 1.54) is 18.4 Å². The maximum absolute atomic E-state index is 12.3. The van der Waals surface area contributed by atoms with E-state index in [2.05, 4.69) is 20.6 Å². The lowest BCUT2D eigenvalue weighted by Gasteiger charge is -2.10. The van der Waals surface area contributed by atoms with Crippen molar-refractivity contribution in [1.82, 2.24) is 9.97 Å². The third kappa shape index (κ3) is 4.13. The maximum atomic E-state index is 12.3. The summed E-state index contributed by atoms with van der Waals surface area (Å²) >= 11 is 6.94. The van der Waals surface area contributed by atoms with Crippen LogP contribution in [0.5, 0.6) is 0 Å². The van der Waals surface area contributed by atoms with Crippen molar-refractivity contribution in [1.29, 1.82) is 0 Å². The first-order valence-corrected chi connectivity index (χ1v) is 9.41. The van der Waals surface area contributed by atoms with Crippen LogP contribution in [-0.4, -0.2) is 28.2 Å². The normalized spacial score (nSPS) is 13.5. The second-order valence-corrected chi connectivity index (χ2v) is 7.37. The van der Waals surface area contributed by atoms with E-state index in [1.54, 1.807) is 17.5 Å². The minimum absolute atomic E-state index is 0.323. The predicted molar refractivity (Wildman–Crippen MR) is 104 cm³/mol. The molecule has 2 heterocycles. The Morgan fingerprint density at radius 2 is 2.08 bits per heavy atom. The summed E-state index contributed by atoms with van der Waals surface area (Å²) in [5.41, 5.74) is 2.56. The summed E-state index contributed by atoms with van der Waals surface area (Å²) in [6, 6.07) is 1.81. The van der Waals surface area contributed by atoms with E-state index in [-0.39, 0.29) is 5.97 Å². The summed E-state index contributed by atoms with van der Waals surface area (Å²) in [5.74, 6) is 0.103. The Labute approximate surface area is 156 Å². The third-order valence-corrected chi connectivity index (χ3v) is 5.47. The first-order chi connectivity index (χ1) is 12.1. The Kier molecular flexibility index (Phi) is 5.60. The summed E-state index contributed by atoms with van der Waals surface area (Å²) in [6.07, 6.45) is 6.99. The number of nitrogens with zero attached hydrogens (tertiary/aromatic N) is 2. The molecule has 0 atom stereocenters. The molecule has 0 aliphatic heterocycles. The van der Waals surface area contributed by atoms with Crippen LogP contribution in [0.3, 0.4) is 0 Å². The number of ether oxygens (including phenoxy) is 1. The maximum Gasteiger partial charge on any atom is 0.341 e. The van der Waals surface area contributed by atoms with Gasteiger partial charge in [-0.2, -0.15) is 0 Å². The van der Waals surface area contributed by atoms with E-state index in [0.717, 1.165) is 41.9 Å². The van der Waals surface area contributed by atoms with Gasteiger partial charge in [-0.3, -0.25) is 0 Å². The molecule has 2 aromatic heterocycles. The smallest absolute Gasteiger partial charge is 0.341 e. The molecule has 2 N–H and O–H groups in total. The molecule has 0 spiro atoms. The number of nitrogens with one attached hydrogen (secondary N) is 2. The molecule has 0 amide bonds. The van der Waals surface area contributed by atoms with Crippen molar-refractivity contribution in [2.75, 3.05) is 17.7 Å². The van der Waals surface area contributed by atoms with Gasteiger partial charge in [-0.15, -0.1) is 11.3 Å². The predicted octanol–water partition coefficient (Wildman–Crippen LogP) is 3.71. The number of carbonyl (C=O) groups is 1. The molecule has 3 rings (SSSR count). The zero-order valence-electron chi connectivity index (χ0n) is 14.2. The zero-order chi connectivity index (χ0) is 17.8. The molecular formula is C17H20N4O2S2. The molecule has 0 aromatic carbocycles. The third-order valence-electron chi connectivity index (χ3n) is 4.06. The van der Waals surface area contributed by atoms with E-state index < -0.39 is 0 Å². The molecule has 0 saturated carbocycles. The lowest BCUT2D eigenvalue weighted by atomic mass is 10.1. The number of carbonyl (C=O) groups excluding carboxylic acids is 1. The van der Waals surface area contributed by atoms with Crippen LogP contribution in [0.25, 0.3) is 0 Å². The quantitative estimate of drug-likeness (QED) is 0.480. The summed E-state index contributed by atoms with van der Waals surface area (Å²) in [6.45, 7) is 1.88. The fourth-order valence-corrected chi connectivity index (χ4v) is 4.43. The van der Waals surface area contributed by atoms with Gasteiger partial charge in [0.05, 0.1) is 12.7 Å². The fraction of sp³-hybridized carbons (Fsp3) is 0.412. The number of methoxy groups -OCH3 is 1. The van der Waals surface area contributed by atoms with Crippen molar-refractivity contribution in [3.05, 3.63) is 34.0 Å². The number of esters is 1. The van der Waals surface area contributed by atoms with Crippen LogP contribution < -0.4 is 10.6 Å². The summed E-state index contributed by atoms with van der Waals surface area (Å²) in [5, 5.41) is 7.17. The molecule has 132 valence electrons. The van der Waals surface area contributed by atoms with Gasteiger partial charge in [-0.1, -0.05) is 6.42 Å². The number of fused-ring (bicyclic) bond motifs is 1. The van der Waals surface area contributed by atoms with Crippen LogP contribution in [-0.2, 0) is 17.6 Å². The molecule has 0 radical (unpaired) electrons. The number of hydrogen-bond donors (Lipinski definition) is 2. The van der Waals surface area contributed by atoms with Crippen LogP contribution in [0, 0.1) is 6.92 Å². The summed E-state index contributed by atoms with van der Waals surface area (Å²) in [4.78, 5) is 22.0. The first kappa shape index (κ1) is 17.8. The van der Waals surface area contributed by atoms with Crippen LogP contribution >= 0.6 is 23.6 Å². The highest BCUT2D eigenvalue weighted by Gasteiger charge is 2.25. The van der Waals surface area contributed by atoms with Crippen molar-refractivity contribution in [3.63, 3.8) is 0 Å². The SMILES string of the molecule is COC(=O)c1c(NC(=S)Nc2nccc(C)n2)sc2c1CCCCC2. The van der Waals surface area contributed by atoms with Crippen molar-refractivity contribution < 1.29 is 9.53 Å². The van der Waals surface area contributed by atoms with Gasteiger partial charge in [0.2, 0.25) is 5.95 Å². The highest BCUT2D eigenvalue weighted by molar-refractivity contribution is 7.80. The number of thiocarbonyl (C=S) groups is 1. The molecule has 0 bridgehead atoms. The molecule has 1 aliphatic rings. The van der Waals surface area contributed by atoms with Crippen LogP contribution in [0.2, 0.25) is 0 Å². The molecular weight excluding hydrogens is 356 g/mol.